The van der Waals surface area contributed by atoms with Gasteiger partial charge in [-0.2, -0.15) is 0 Å². The number of aryl methyl sites for hydroxylation is 1. The minimum Gasteiger partial charge on any atom is -0.366 e. The Kier molecular flexibility index (Phi) is 2.80. The number of amides is 1. The highest BCUT2D eigenvalue weighted by Crippen LogP contribution is 2.23. The number of primary amides is 1. The lowest BCUT2D eigenvalue weighted by atomic mass is 10.0. The average molecular weight is 208 g/mol. The number of nitro benzene ring substituents is 1. The molecule has 0 spiro atoms. The molecule has 0 radical (unpaired) electrons. The molecule has 1 aromatic rings. The molecule has 78 valence electrons. The van der Waals surface area contributed by atoms with Gasteiger partial charge in [0.05, 0.1) is 10.5 Å². The van der Waals surface area contributed by atoms with Crippen molar-refractivity contribution in [2.24, 2.45) is 5.73 Å². The first-order chi connectivity index (χ1) is 6.99. The van der Waals surface area contributed by atoms with Crippen LogP contribution in [0.1, 0.15) is 26.3 Å². The van der Waals surface area contributed by atoms with Crippen LogP contribution in [0.2, 0.25) is 0 Å². The molecule has 0 saturated carbocycles. The molecular formula is C9H8N2O4. The van der Waals surface area contributed by atoms with Gasteiger partial charge in [-0.25, -0.2) is 0 Å². The molecule has 0 aliphatic rings. The number of nitrogens with zero attached hydrogens (tertiary/aromatic N) is 1. The summed E-state index contributed by atoms with van der Waals surface area (Å²) in [6.45, 7) is 1.55. The summed E-state index contributed by atoms with van der Waals surface area (Å²) in [6.07, 6.45) is 0.269. The first-order valence-corrected chi connectivity index (χ1v) is 4.02. The number of nitro groups is 1. The van der Waals surface area contributed by atoms with Crippen LogP contribution in [0.15, 0.2) is 12.1 Å². The van der Waals surface area contributed by atoms with E-state index in [4.69, 9.17) is 5.73 Å². The Morgan fingerprint density at radius 1 is 1.53 bits per heavy atom. The summed E-state index contributed by atoms with van der Waals surface area (Å²) in [6, 6.07) is 2.55. The molecule has 0 saturated heterocycles. The number of hydrogen-bond donors (Lipinski definition) is 1. The Bertz CT molecular complexity index is 454. The van der Waals surface area contributed by atoms with E-state index in [-0.39, 0.29) is 17.4 Å². The van der Waals surface area contributed by atoms with Gasteiger partial charge in [-0.3, -0.25) is 19.7 Å². The van der Waals surface area contributed by atoms with E-state index in [2.05, 4.69) is 0 Å². The maximum atomic E-state index is 11.0. The van der Waals surface area contributed by atoms with E-state index in [0.29, 0.717) is 5.56 Å². The molecule has 6 nitrogen and oxygen atoms in total. The standard InChI is InChI=1S/C9H8N2O4/c1-5-2-3-7(11(14)15)6(4-12)8(5)9(10)13/h2-4H,1H3,(H2,10,13). The number of aldehydes is 1. The number of hydrogen-bond acceptors (Lipinski definition) is 4. The highest BCUT2D eigenvalue weighted by molar-refractivity contribution is 6.04. The molecule has 0 aliphatic heterocycles. The van der Waals surface area contributed by atoms with Crippen molar-refractivity contribution in [3.63, 3.8) is 0 Å². The molecule has 1 rings (SSSR count). The Morgan fingerprint density at radius 3 is 2.53 bits per heavy atom. The van der Waals surface area contributed by atoms with E-state index in [9.17, 15) is 19.7 Å². The predicted octanol–water partition coefficient (Wildman–Crippen LogP) is 0.815. The summed E-state index contributed by atoms with van der Waals surface area (Å²) in [7, 11) is 0. The second-order valence-electron chi connectivity index (χ2n) is 2.93. The minimum atomic E-state index is -0.849. The highest BCUT2D eigenvalue weighted by Gasteiger charge is 2.21. The van der Waals surface area contributed by atoms with Crippen LogP contribution < -0.4 is 5.73 Å². The van der Waals surface area contributed by atoms with E-state index in [1.807, 2.05) is 0 Å². The van der Waals surface area contributed by atoms with Crippen molar-refractivity contribution in [2.75, 3.05) is 0 Å². The van der Waals surface area contributed by atoms with Crippen molar-refractivity contribution < 1.29 is 14.5 Å². The quantitative estimate of drug-likeness (QED) is 0.451. The Labute approximate surface area is 84.8 Å². The molecule has 0 aromatic heterocycles. The lowest BCUT2D eigenvalue weighted by molar-refractivity contribution is -0.385. The molecule has 15 heavy (non-hydrogen) atoms. The van der Waals surface area contributed by atoms with E-state index < -0.39 is 16.5 Å². The third kappa shape index (κ3) is 1.83. The predicted molar refractivity (Wildman–Crippen MR) is 51.7 cm³/mol. The van der Waals surface area contributed by atoms with Gasteiger partial charge in [0.2, 0.25) is 5.91 Å². The fraction of sp³-hybridized carbons (Fsp3) is 0.111. The van der Waals surface area contributed by atoms with Crippen LogP contribution in [0.5, 0.6) is 0 Å². The van der Waals surface area contributed by atoms with Gasteiger partial charge in [-0.15, -0.1) is 0 Å². The van der Waals surface area contributed by atoms with Crippen LogP contribution >= 0.6 is 0 Å². The average Bonchev–Trinajstić information content (AvgIpc) is 2.15. The minimum absolute atomic E-state index is 0.0980. The topological polar surface area (TPSA) is 103 Å². The molecule has 0 unspecified atom stereocenters. The van der Waals surface area contributed by atoms with Crippen molar-refractivity contribution >= 4 is 17.9 Å². The Hall–Kier alpha value is -2.24. The van der Waals surface area contributed by atoms with Crippen LogP contribution in [0.25, 0.3) is 0 Å². The summed E-state index contributed by atoms with van der Waals surface area (Å²) in [5.41, 5.74) is 4.70. The largest absolute Gasteiger partial charge is 0.366 e. The number of nitrogens with two attached hydrogens (primary N) is 1. The van der Waals surface area contributed by atoms with Crippen LogP contribution in [0.3, 0.4) is 0 Å². The summed E-state index contributed by atoms with van der Waals surface area (Å²) in [5, 5.41) is 10.6. The van der Waals surface area contributed by atoms with E-state index in [0.717, 1.165) is 0 Å². The molecule has 2 N–H and O–H groups in total. The van der Waals surface area contributed by atoms with E-state index >= 15 is 0 Å². The van der Waals surface area contributed by atoms with Gasteiger partial charge in [-0.05, 0) is 12.5 Å². The normalized spacial score (nSPS) is 9.67. The molecule has 0 aliphatic carbocycles. The van der Waals surface area contributed by atoms with Gasteiger partial charge in [0, 0.05) is 6.07 Å². The zero-order valence-electron chi connectivity index (χ0n) is 7.89. The highest BCUT2D eigenvalue weighted by atomic mass is 16.6. The van der Waals surface area contributed by atoms with Crippen molar-refractivity contribution in [3.8, 4) is 0 Å². The molecule has 0 atom stereocenters. The van der Waals surface area contributed by atoms with E-state index in [1.54, 1.807) is 6.92 Å². The first-order valence-electron chi connectivity index (χ1n) is 4.02. The maximum absolute atomic E-state index is 11.0. The van der Waals surface area contributed by atoms with Crippen molar-refractivity contribution in [1.82, 2.24) is 0 Å². The summed E-state index contributed by atoms with van der Waals surface area (Å²) < 4.78 is 0. The summed E-state index contributed by atoms with van der Waals surface area (Å²) in [5.74, 6) is -0.849. The van der Waals surface area contributed by atoms with Gasteiger partial charge in [0.25, 0.3) is 5.69 Å². The maximum Gasteiger partial charge on any atom is 0.280 e. The molecule has 1 aromatic carbocycles. The van der Waals surface area contributed by atoms with E-state index in [1.165, 1.54) is 12.1 Å². The van der Waals surface area contributed by atoms with Gasteiger partial charge >= 0.3 is 0 Å². The molecule has 0 bridgehead atoms. The third-order valence-corrected chi connectivity index (χ3v) is 1.99. The monoisotopic (exact) mass is 208 g/mol. The lowest BCUT2D eigenvalue weighted by Gasteiger charge is -2.04. The number of benzene rings is 1. The summed E-state index contributed by atoms with van der Waals surface area (Å²) in [4.78, 5) is 31.5. The van der Waals surface area contributed by atoms with Gasteiger partial charge in [-0.1, -0.05) is 6.07 Å². The summed E-state index contributed by atoms with van der Waals surface area (Å²) >= 11 is 0. The smallest absolute Gasteiger partial charge is 0.280 e. The number of rotatable bonds is 3. The van der Waals surface area contributed by atoms with Gasteiger partial charge < -0.3 is 5.73 Å². The number of carbonyl (C=O) groups excluding carboxylic acids is 2. The zero-order chi connectivity index (χ0) is 11.6. The second-order valence-corrected chi connectivity index (χ2v) is 2.93. The molecule has 0 fully saturated rings. The third-order valence-electron chi connectivity index (χ3n) is 1.99. The van der Waals surface area contributed by atoms with Gasteiger partial charge in [0.15, 0.2) is 6.29 Å². The van der Waals surface area contributed by atoms with Crippen molar-refractivity contribution in [2.45, 2.75) is 6.92 Å². The fourth-order valence-electron chi connectivity index (χ4n) is 1.32. The zero-order valence-corrected chi connectivity index (χ0v) is 7.89. The van der Waals surface area contributed by atoms with Gasteiger partial charge in [0.1, 0.15) is 5.56 Å². The first kappa shape index (κ1) is 10.8. The van der Waals surface area contributed by atoms with Crippen molar-refractivity contribution in [1.29, 1.82) is 0 Å². The molecule has 0 heterocycles. The Balaban J connectivity index is 3.61. The molecule has 6 heteroatoms. The Morgan fingerprint density at radius 2 is 2.13 bits per heavy atom. The van der Waals surface area contributed by atoms with Crippen molar-refractivity contribution in [3.05, 3.63) is 38.9 Å². The molecule has 1 amide bonds. The lowest BCUT2D eigenvalue weighted by Crippen LogP contribution is -2.16. The van der Waals surface area contributed by atoms with Crippen LogP contribution in [0.4, 0.5) is 5.69 Å². The van der Waals surface area contributed by atoms with Crippen LogP contribution in [0, 0.1) is 17.0 Å². The molecular weight excluding hydrogens is 200 g/mol. The SMILES string of the molecule is Cc1ccc([N+](=O)[O-])c(C=O)c1C(N)=O. The second kappa shape index (κ2) is 3.87. The van der Waals surface area contributed by atoms with Crippen LogP contribution in [-0.2, 0) is 0 Å². The number of carbonyl (C=O) groups is 2. The van der Waals surface area contributed by atoms with Crippen LogP contribution in [-0.4, -0.2) is 17.1 Å². The fourth-order valence-corrected chi connectivity index (χ4v) is 1.32.